The lowest BCUT2D eigenvalue weighted by Crippen LogP contribution is -2.25. The summed E-state index contributed by atoms with van der Waals surface area (Å²) in [6.45, 7) is 15.2. The third kappa shape index (κ3) is 2.21. The molecule has 0 aliphatic carbocycles. The molecule has 0 aromatic carbocycles. The topological polar surface area (TPSA) is 30.7 Å². The third-order valence-electron chi connectivity index (χ3n) is 3.05. The lowest BCUT2D eigenvalue weighted by molar-refractivity contribution is 0.339. The van der Waals surface area contributed by atoms with Gasteiger partial charge in [0, 0.05) is 5.41 Å². The van der Waals surface area contributed by atoms with Crippen molar-refractivity contribution in [3.63, 3.8) is 0 Å². The van der Waals surface area contributed by atoms with Crippen molar-refractivity contribution in [3.05, 3.63) is 11.4 Å². The van der Waals surface area contributed by atoms with Gasteiger partial charge in [0.25, 0.3) is 0 Å². The van der Waals surface area contributed by atoms with Gasteiger partial charge in [-0.15, -0.1) is 5.10 Å². The monoisotopic (exact) mass is 209 g/mol. The van der Waals surface area contributed by atoms with E-state index in [2.05, 4.69) is 58.8 Å². The van der Waals surface area contributed by atoms with Crippen LogP contribution in [0.25, 0.3) is 0 Å². The maximum Gasteiger partial charge on any atom is 0.0912 e. The van der Waals surface area contributed by atoms with Crippen molar-refractivity contribution >= 4 is 0 Å². The van der Waals surface area contributed by atoms with Crippen molar-refractivity contribution in [2.45, 2.75) is 65.8 Å². The van der Waals surface area contributed by atoms with E-state index < -0.39 is 0 Å². The summed E-state index contributed by atoms with van der Waals surface area (Å²) in [5.41, 5.74) is 2.45. The Labute approximate surface area is 92.9 Å². The second-order valence-corrected chi connectivity index (χ2v) is 5.84. The van der Waals surface area contributed by atoms with Crippen LogP contribution >= 0.6 is 0 Å². The minimum Gasteiger partial charge on any atom is -0.244 e. The molecule has 1 heterocycles. The fourth-order valence-electron chi connectivity index (χ4n) is 1.76. The second kappa shape index (κ2) is 3.62. The van der Waals surface area contributed by atoms with Crippen LogP contribution in [0.1, 0.15) is 59.4 Å². The molecule has 3 nitrogen and oxygen atoms in total. The van der Waals surface area contributed by atoms with Gasteiger partial charge in [0.2, 0.25) is 0 Å². The standard InChI is InChI=1S/C12H23N3/c1-8-12(6,7)10-9(2)15(14-13-10)11(3,4)5/h8H2,1-7H3. The molecule has 86 valence electrons. The first-order valence-corrected chi connectivity index (χ1v) is 5.63. The molecule has 15 heavy (non-hydrogen) atoms. The summed E-state index contributed by atoms with van der Waals surface area (Å²) in [7, 11) is 0. The number of hydrogen-bond donors (Lipinski definition) is 0. The Bertz CT molecular complexity index is 342. The third-order valence-corrected chi connectivity index (χ3v) is 3.05. The van der Waals surface area contributed by atoms with E-state index in [0.29, 0.717) is 0 Å². The summed E-state index contributed by atoms with van der Waals surface area (Å²) in [4.78, 5) is 0. The van der Waals surface area contributed by atoms with Gasteiger partial charge in [0.15, 0.2) is 0 Å². The highest BCUT2D eigenvalue weighted by Crippen LogP contribution is 2.29. The minimum atomic E-state index is 0.0131. The number of rotatable bonds is 2. The second-order valence-electron chi connectivity index (χ2n) is 5.84. The Morgan fingerprint density at radius 3 is 2.00 bits per heavy atom. The Morgan fingerprint density at radius 1 is 1.13 bits per heavy atom. The summed E-state index contributed by atoms with van der Waals surface area (Å²) in [6, 6.07) is 0. The molecule has 0 fully saturated rings. The average molecular weight is 209 g/mol. The van der Waals surface area contributed by atoms with Gasteiger partial charge >= 0.3 is 0 Å². The van der Waals surface area contributed by atoms with Gasteiger partial charge in [-0.1, -0.05) is 26.0 Å². The van der Waals surface area contributed by atoms with Gasteiger partial charge < -0.3 is 0 Å². The van der Waals surface area contributed by atoms with E-state index in [-0.39, 0.29) is 11.0 Å². The molecule has 3 heteroatoms. The van der Waals surface area contributed by atoms with Crippen molar-refractivity contribution in [2.24, 2.45) is 0 Å². The van der Waals surface area contributed by atoms with Crippen molar-refractivity contribution in [2.75, 3.05) is 0 Å². The van der Waals surface area contributed by atoms with Crippen LogP contribution < -0.4 is 0 Å². The van der Waals surface area contributed by atoms with Crippen LogP contribution in [0.15, 0.2) is 0 Å². The van der Waals surface area contributed by atoms with Gasteiger partial charge in [-0.05, 0) is 34.1 Å². The molecule has 0 aliphatic heterocycles. The van der Waals surface area contributed by atoms with Crippen molar-refractivity contribution in [1.82, 2.24) is 15.0 Å². The zero-order valence-electron chi connectivity index (χ0n) is 11.0. The van der Waals surface area contributed by atoms with E-state index in [1.807, 2.05) is 4.68 Å². The first kappa shape index (κ1) is 12.2. The van der Waals surface area contributed by atoms with E-state index in [4.69, 9.17) is 0 Å². The fourth-order valence-corrected chi connectivity index (χ4v) is 1.76. The normalized spacial score (nSPS) is 13.3. The molecule has 0 unspecified atom stereocenters. The number of nitrogens with zero attached hydrogens (tertiary/aromatic N) is 3. The largest absolute Gasteiger partial charge is 0.244 e. The zero-order valence-corrected chi connectivity index (χ0v) is 11.0. The van der Waals surface area contributed by atoms with Crippen LogP contribution in [-0.2, 0) is 11.0 Å². The quantitative estimate of drug-likeness (QED) is 0.749. The molecular formula is C12H23N3. The predicted octanol–water partition coefficient (Wildman–Crippen LogP) is 3.03. The number of hydrogen-bond acceptors (Lipinski definition) is 2. The zero-order chi connectivity index (χ0) is 11.9. The highest BCUT2D eigenvalue weighted by molar-refractivity contribution is 5.19. The van der Waals surface area contributed by atoms with Gasteiger partial charge in [0.1, 0.15) is 0 Å². The molecular weight excluding hydrogens is 186 g/mol. The summed E-state index contributed by atoms with van der Waals surface area (Å²) in [5, 5.41) is 8.61. The maximum absolute atomic E-state index is 4.34. The minimum absolute atomic E-state index is 0.0131. The van der Waals surface area contributed by atoms with Crippen molar-refractivity contribution in [1.29, 1.82) is 0 Å². The van der Waals surface area contributed by atoms with Gasteiger partial charge in [-0.3, -0.25) is 0 Å². The van der Waals surface area contributed by atoms with Crippen LogP contribution in [0.5, 0.6) is 0 Å². The smallest absolute Gasteiger partial charge is 0.0912 e. The first-order chi connectivity index (χ1) is 6.70. The van der Waals surface area contributed by atoms with E-state index in [9.17, 15) is 0 Å². The van der Waals surface area contributed by atoms with E-state index in [1.165, 1.54) is 5.69 Å². The molecule has 0 saturated carbocycles. The molecule has 0 radical (unpaired) electrons. The Morgan fingerprint density at radius 2 is 1.67 bits per heavy atom. The van der Waals surface area contributed by atoms with Gasteiger partial charge in [-0.2, -0.15) is 0 Å². The lowest BCUT2D eigenvalue weighted by Gasteiger charge is -2.23. The average Bonchev–Trinajstić information content (AvgIpc) is 2.46. The summed E-state index contributed by atoms with van der Waals surface area (Å²) in [5.74, 6) is 0. The molecule has 0 aliphatic rings. The van der Waals surface area contributed by atoms with Crippen molar-refractivity contribution < 1.29 is 0 Å². The highest BCUT2D eigenvalue weighted by atomic mass is 15.5. The van der Waals surface area contributed by atoms with Crippen LogP contribution in [0.4, 0.5) is 0 Å². The lowest BCUT2D eigenvalue weighted by atomic mass is 9.85. The molecule has 1 aromatic rings. The Hall–Kier alpha value is -0.860. The van der Waals surface area contributed by atoms with Crippen molar-refractivity contribution in [3.8, 4) is 0 Å². The van der Waals surface area contributed by atoms with Crippen LogP contribution in [0.3, 0.4) is 0 Å². The number of aromatic nitrogens is 3. The van der Waals surface area contributed by atoms with E-state index >= 15 is 0 Å². The van der Waals surface area contributed by atoms with E-state index in [1.54, 1.807) is 0 Å². The summed E-state index contributed by atoms with van der Waals surface area (Å²) in [6.07, 6.45) is 1.08. The van der Waals surface area contributed by atoms with Crippen LogP contribution in [0, 0.1) is 6.92 Å². The Kier molecular flexibility index (Phi) is 2.94. The predicted molar refractivity (Wildman–Crippen MR) is 63.1 cm³/mol. The van der Waals surface area contributed by atoms with E-state index in [0.717, 1.165) is 12.1 Å². The van der Waals surface area contributed by atoms with Crippen LogP contribution in [0.2, 0.25) is 0 Å². The first-order valence-electron chi connectivity index (χ1n) is 5.63. The van der Waals surface area contributed by atoms with Gasteiger partial charge in [-0.25, -0.2) is 4.68 Å². The molecule has 0 bridgehead atoms. The molecule has 0 saturated heterocycles. The fraction of sp³-hybridized carbons (Fsp3) is 0.833. The van der Waals surface area contributed by atoms with Gasteiger partial charge in [0.05, 0.1) is 16.9 Å². The summed E-state index contributed by atoms with van der Waals surface area (Å²) >= 11 is 0. The molecule has 0 amide bonds. The highest BCUT2D eigenvalue weighted by Gasteiger charge is 2.28. The molecule has 0 atom stereocenters. The molecule has 0 N–H and O–H groups in total. The van der Waals surface area contributed by atoms with Crippen LogP contribution in [-0.4, -0.2) is 15.0 Å². The SMILES string of the molecule is CCC(C)(C)c1nnn(C(C)(C)C)c1C. The summed E-state index contributed by atoms with van der Waals surface area (Å²) < 4.78 is 2.01. The Balaban J connectivity index is 3.22. The molecule has 0 spiro atoms. The molecule has 1 rings (SSSR count). The molecule has 1 aromatic heterocycles. The maximum atomic E-state index is 4.34.